The molecule has 1 aliphatic carbocycles. The third kappa shape index (κ3) is 4.46. The van der Waals surface area contributed by atoms with Crippen molar-refractivity contribution in [1.82, 2.24) is 4.90 Å². The topological polar surface area (TPSA) is 55.6 Å². The average molecular weight is 270 g/mol. The summed E-state index contributed by atoms with van der Waals surface area (Å²) in [6.45, 7) is 4.37. The zero-order chi connectivity index (χ0) is 14.3. The van der Waals surface area contributed by atoms with E-state index in [1.54, 1.807) is 0 Å². The summed E-state index contributed by atoms with van der Waals surface area (Å²) < 4.78 is 4.88. The van der Waals surface area contributed by atoms with Crippen LogP contribution in [-0.4, -0.2) is 43.7 Å². The number of methoxy groups -OCH3 is 1. The van der Waals surface area contributed by atoms with E-state index in [1.807, 2.05) is 0 Å². The van der Waals surface area contributed by atoms with Crippen molar-refractivity contribution in [3.8, 4) is 0 Å². The minimum atomic E-state index is -0.737. The lowest BCUT2D eigenvalue weighted by molar-refractivity contribution is -0.148. The number of ether oxygens (including phenoxy) is 1. The molecule has 0 aromatic carbocycles. The maximum atomic E-state index is 11.8. The van der Waals surface area contributed by atoms with Gasteiger partial charge in [0, 0.05) is 0 Å². The molecule has 2 unspecified atom stereocenters. The minimum absolute atomic E-state index is 0.233. The van der Waals surface area contributed by atoms with E-state index in [2.05, 4.69) is 18.9 Å². The Hall–Kier alpha value is -0.610. The normalized spacial score (nSPS) is 26.9. The van der Waals surface area contributed by atoms with E-state index in [-0.39, 0.29) is 11.9 Å². The smallest absolute Gasteiger partial charge is 0.326 e. The van der Waals surface area contributed by atoms with Gasteiger partial charge in [-0.05, 0) is 51.7 Å². The Labute approximate surface area is 117 Å². The van der Waals surface area contributed by atoms with Crippen LogP contribution in [-0.2, 0) is 9.53 Å². The molecule has 1 fully saturated rings. The van der Waals surface area contributed by atoms with Crippen LogP contribution in [0.2, 0.25) is 0 Å². The molecule has 4 heteroatoms. The predicted molar refractivity (Wildman–Crippen MR) is 77.9 cm³/mol. The second kappa shape index (κ2) is 7.85. The summed E-state index contributed by atoms with van der Waals surface area (Å²) in [6.07, 6.45) is 7.65. The van der Waals surface area contributed by atoms with Gasteiger partial charge in [0.15, 0.2) is 0 Å². The highest BCUT2D eigenvalue weighted by molar-refractivity contribution is 5.81. The van der Waals surface area contributed by atoms with Gasteiger partial charge < -0.3 is 15.4 Å². The van der Waals surface area contributed by atoms with Crippen molar-refractivity contribution in [2.45, 2.75) is 57.4 Å². The summed E-state index contributed by atoms with van der Waals surface area (Å²) in [5.74, 6) is 0.0391. The maximum absolute atomic E-state index is 11.8. The summed E-state index contributed by atoms with van der Waals surface area (Å²) in [5.41, 5.74) is 5.54. The minimum Gasteiger partial charge on any atom is -0.468 e. The molecule has 0 saturated heterocycles. The van der Waals surface area contributed by atoms with Crippen molar-refractivity contribution in [3.63, 3.8) is 0 Å². The fourth-order valence-electron chi connectivity index (χ4n) is 3.08. The summed E-state index contributed by atoms with van der Waals surface area (Å²) in [6, 6.07) is 0. The third-order valence-electron chi connectivity index (χ3n) is 4.44. The van der Waals surface area contributed by atoms with Crippen LogP contribution in [0.1, 0.15) is 51.9 Å². The van der Waals surface area contributed by atoms with Crippen LogP contribution in [0.5, 0.6) is 0 Å². The lowest BCUT2D eigenvalue weighted by Gasteiger charge is -2.29. The Morgan fingerprint density at radius 2 is 2.16 bits per heavy atom. The predicted octanol–water partition coefficient (Wildman–Crippen LogP) is 2.17. The number of nitrogens with two attached hydrogens (primary N) is 1. The quantitative estimate of drug-likeness (QED) is 0.542. The van der Waals surface area contributed by atoms with Gasteiger partial charge in [0.2, 0.25) is 0 Å². The van der Waals surface area contributed by atoms with Gasteiger partial charge in [0.05, 0.1) is 7.11 Å². The Balaban J connectivity index is 2.37. The number of esters is 1. The van der Waals surface area contributed by atoms with Gasteiger partial charge in [0.1, 0.15) is 5.54 Å². The molecule has 4 nitrogen and oxygen atoms in total. The largest absolute Gasteiger partial charge is 0.468 e. The van der Waals surface area contributed by atoms with E-state index in [9.17, 15) is 4.79 Å². The molecule has 0 radical (unpaired) electrons. The number of hydrogen-bond donors (Lipinski definition) is 1. The molecule has 1 aliphatic rings. The van der Waals surface area contributed by atoms with Gasteiger partial charge in [-0.25, -0.2) is 0 Å². The summed E-state index contributed by atoms with van der Waals surface area (Å²) >= 11 is 0. The maximum Gasteiger partial charge on any atom is 0.326 e. The molecule has 112 valence electrons. The summed E-state index contributed by atoms with van der Waals surface area (Å²) in [7, 11) is 3.59. The number of unbranched alkanes of at least 4 members (excludes halogenated alkanes) is 2. The van der Waals surface area contributed by atoms with Crippen molar-refractivity contribution in [2.24, 2.45) is 11.7 Å². The zero-order valence-corrected chi connectivity index (χ0v) is 12.8. The lowest BCUT2D eigenvalue weighted by Crippen LogP contribution is -2.52. The van der Waals surface area contributed by atoms with Gasteiger partial charge in [-0.3, -0.25) is 4.79 Å². The Bertz CT molecular complexity index is 283. The van der Waals surface area contributed by atoms with Gasteiger partial charge >= 0.3 is 5.97 Å². The van der Waals surface area contributed by atoms with Crippen LogP contribution in [0, 0.1) is 5.92 Å². The van der Waals surface area contributed by atoms with Crippen molar-refractivity contribution in [2.75, 3.05) is 27.2 Å². The first-order valence-corrected chi connectivity index (χ1v) is 7.60. The monoisotopic (exact) mass is 270 g/mol. The number of hydrogen-bond acceptors (Lipinski definition) is 4. The van der Waals surface area contributed by atoms with Crippen molar-refractivity contribution in [1.29, 1.82) is 0 Å². The second-order valence-electron chi connectivity index (χ2n) is 5.92. The second-order valence-corrected chi connectivity index (χ2v) is 5.92. The third-order valence-corrected chi connectivity index (χ3v) is 4.44. The van der Waals surface area contributed by atoms with Crippen LogP contribution in [0.4, 0.5) is 0 Å². The van der Waals surface area contributed by atoms with Gasteiger partial charge in [0.25, 0.3) is 0 Å². The molecule has 1 saturated carbocycles. The average Bonchev–Trinajstić information content (AvgIpc) is 2.78. The molecule has 19 heavy (non-hydrogen) atoms. The Kier molecular flexibility index (Phi) is 6.80. The lowest BCUT2D eigenvalue weighted by atomic mass is 9.85. The molecule has 0 spiro atoms. The van der Waals surface area contributed by atoms with Crippen molar-refractivity contribution < 1.29 is 9.53 Å². The standard InChI is InChI=1S/C15H30N2O2/c1-4-5-6-11-17(2)12-9-13-8-7-10-15(13,16)14(18)19-3/h13H,4-12,16H2,1-3H3. The molecule has 0 heterocycles. The molecule has 1 rings (SSSR count). The zero-order valence-electron chi connectivity index (χ0n) is 12.8. The highest BCUT2D eigenvalue weighted by atomic mass is 16.5. The molecule has 0 aromatic heterocycles. The number of nitrogens with zero attached hydrogens (tertiary/aromatic N) is 1. The molecule has 0 amide bonds. The fraction of sp³-hybridized carbons (Fsp3) is 0.933. The summed E-state index contributed by atoms with van der Waals surface area (Å²) in [4.78, 5) is 14.2. The van der Waals surface area contributed by atoms with Crippen molar-refractivity contribution in [3.05, 3.63) is 0 Å². The van der Waals surface area contributed by atoms with Crippen LogP contribution in [0.3, 0.4) is 0 Å². The molecular formula is C15H30N2O2. The number of carbonyl (C=O) groups excluding carboxylic acids is 1. The van der Waals surface area contributed by atoms with E-state index in [0.29, 0.717) is 0 Å². The highest BCUT2D eigenvalue weighted by Crippen LogP contribution is 2.36. The molecule has 2 N–H and O–H groups in total. The van der Waals surface area contributed by atoms with E-state index in [1.165, 1.54) is 26.4 Å². The Morgan fingerprint density at radius 1 is 1.42 bits per heavy atom. The van der Waals surface area contributed by atoms with Gasteiger partial charge in [-0.15, -0.1) is 0 Å². The first-order valence-electron chi connectivity index (χ1n) is 7.60. The first kappa shape index (κ1) is 16.4. The van der Waals surface area contributed by atoms with E-state index < -0.39 is 5.54 Å². The SMILES string of the molecule is CCCCCN(C)CCC1CCCC1(N)C(=O)OC. The van der Waals surface area contributed by atoms with Crippen LogP contribution < -0.4 is 5.73 Å². The van der Waals surface area contributed by atoms with Crippen LogP contribution in [0.15, 0.2) is 0 Å². The van der Waals surface area contributed by atoms with Gasteiger partial charge in [-0.1, -0.05) is 26.2 Å². The highest BCUT2D eigenvalue weighted by Gasteiger charge is 2.46. The number of rotatable bonds is 8. The number of carbonyl (C=O) groups is 1. The van der Waals surface area contributed by atoms with E-state index in [0.717, 1.165) is 38.8 Å². The molecule has 0 bridgehead atoms. The van der Waals surface area contributed by atoms with Gasteiger partial charge in [-0.2, -0.15) is 0 Å². The molecule has 0 aromatic rings. The van der Waals surface area contributed by atoms with Crippen molar-refractivity contribution >= 4 is 5.97 Å². The first-order chi connectivity index (χ1) is 9.04. The molecular weight excluding hydrogens is 240 g/mol. The molecule has 0 aliphatic heterocycles. The fourth-order valence-corrected chi connectivity index (χ4v) is 3.08. The van der Waals surface area contributed by atoms with E-state index in [4.69, 9.17) is 10.5 Å². The summed E-state index contributed by atoms with van der Waals surface area (Å²) in [5, 5.41) is 0. The van der Waals surface area contributed by atoms with Crippen LogP contribution >= 0.6 is 0 Å². The Morgan fingerprint density at radius 3 is 2.79 bits per heavy atom. The molecule has 2 atom stereocenters. The van der Waals surface area contributed by atoms with Crippen LogP contribution in [0.25, 0.3) is 0 Å². The van der Waals surface area contributed by atoms with E-state index >= 15 is 0 Å².